The molecule has 24 heavy (non-hydrogen) atoms. The first-order valence-corrected chi connectivity index (χ1v) is 8.87. The average molecular weight is 343 g/mol. The SMILES string of the molecule is COc1cccc(-c2cc(N)n(S(=O)(=O)Cc3ccccc3)n2)c1. The van der Waals surface area contributed by atoms with Crippen molar-refractivity contribution in [2.75, 3.05) is 12.8 Å². The van der Waals surface area contributed by atoms with Crippen LogP contribution in [0.3, 0.4) is 0 Å². The third-order valence-electron chi connectivity index (χ3n) is 3.52. The number of rotatable bonds is 5. The molecule has 0 aliphatic heterocycles. The van der Waals surface area contributed by atoms with Gasteiger partial charge in [0.05, 0.1) is 18.6 Å². The third-order valence-corrected chi connectivity index (χ3v) is 5.04. The molecule has 3 aromatic rings. The molecule has 0 unspecified atom stereocenters. The number of aromatic nitrogens is 2. The van der Waals surface area contributed by atoms with Crippen molar-refractivity contribution in [2.24, 2.45) is 0 Å². The fourth-order valence-electron chi connectivity index (χ4n) is 2.37. The molecule has 0 saturated carbocycles. The number of nitrogens with two attached hydrogens (primary N) is 1. The number of benzene rings is 2. The lowest BCUT2D eigenvalue weighted by atomic mass is 10.1. The predicted molar refractivity (Wildman–Crippen MR) is 93.1 cm³/mol. The summed E-state index contributed by atoms with van der Waals surface area (Å²) in [5, 5.41) is 4.17. The molecule has 0 saturated heterocycles. The number of methoxy groups -OCH3 is 1. The van der Waals surface area contributed by atoms with Crippen molar-refractivity contribution >= 4 is 15.8 Å². The van der Waals surface area contributed by atoms with Crippen LogP contribution in [0.25, 0.3) is 11.3 Å². The summed E-state index contributed by atoms with van der Waals surface area (Å²) in [5.74, 6) is 0.564. The first-order valence-electron chi connectivity index (χ1n) is 7.27. The molecule has 124 valence electrons. The van der Waals surface area contributed by atoms with Crippen LogP contribution in [0, 0.1) is 0 Å². The van der Waals surface area contributed by atoms with E-state index in [2.05, 4.69) is 5.10 Å². The lowest BCUT2D eigenvalue weighted by Crippen LogP contribution is -2.18. The minimum Gasteiger partial charge on any atom is -0.497 e. The second-order valence-corrected chi connectivity index (χ2v) is 7.07. The number of ether oxygens (including phenoxy) is 1. The average Bonchev–Trinajstić information content (AvgIpc) is 2.98. The Morgan fingerprint density at radius 1 is 1.08 bits per heavy atom. The molecule has 7 heteroatoms. The summed E-state index contributed by atoms with van der Waals surface area (Å²) in [4.78, 5) is 0. The first kappa shape index (κ1) is 16.1. The molecule has 0 spiro atoms. The number of anilines is 1. The molecule has 6 nitrogen and oxygen atoms in total. The first-order chi connectivity index (χ1) is 11.5. The van der Waals surface area contributed by atoms with Gasteiger partial charge in [-0.25, -0.2) is 8.42 Å². The van der Waals surface area contributed by atoms with Gasteiger partial charge in [0.15, 0.2) is 0 Å². The highest BCUT2D eigenvalue weighted by molar-refractivity contribution is 7.89. The van der Waals surface area contributed by atoms with Gasteiger partial charge in [-0.2, -0.15) is 5.10 Å². The van der Waals surface area contributed by atoms with E-state index in [1.165, 1.54) is 6.07 Å². The summed E-state index contributed by atoms with van der Waals surface area (Å²) < 4.78 is 31.2. The molecule has 0 aliphatic rings. The van der Waals surface area contributed by atoms with Crippen LogP contribution >= 0.6 is 0 Å². The van der Waals surface area contributed by atoms with Crippen molar-refractivity contribution in [1.82, 2.24) is 9.19 Å². The Kier molecular flexibility index (Phi) is 4.26. The number of nitrogens with zero attached hydrogens (tertiary/aromatic N) is 2. The van der Waals surface area contributed by atoms with E-state index in [0.717, 1.165) is 9.65 Å². The van der Waals surface area contributed by atoms with Crippen molar-refractivity contribution in [3.63, 3.8) is 0 Å². The van der Waals surface area contributed by atoms with E-state index in [-0.39, 0.29) is 11.6 Å². The minimum atomic E-state index is -3.70. The van der Waals surface area contributed by atoms with E-state index in [0.29, 0.717) is 17.0 Å². The largest absolute Gasteiger partial charge is 0.497 e. The number of hydrogen-bond donors (Lipinski definition) is 1. The molecule has 0 aliphatic carbocycles. The Balaban J connectivity index is 1.96. The smallest absolute Gasteiger partial charge is 0.259 e. The molecule has 0 bridgehead atoms. The van der Waals surface area contributed by atoms with Gasteiger partial charge in [0.25, 0.3) is 10.0 Å². The molecule has 2 N–H and O–H groups in total. The molecule has 1 aromatic heterocycles. The summed E-state index contributed by atoms with van der Waals surface area (Å²) in [6, 6.07) is 17.7. The van der Waals surface area contributed by atoms with Crippen LogP contribution in [-0.2, 0) is 15.8 Å². The maximum Gasteiger partial charge on any atom is 0.259 e. The Labute approximate surface area is 140 Å². The highest BCUT2D eigenvalue weighted by Crippen LogP contribution is 2.25. The summed E-state index contributed by atoms with van der Waals surface area (Å²) in [6.45, 7) is 0. The highest BCUT2D eigenvalue weighted by Gasteiger charge is 2.20. The second-order valence-electron chi connectivity index (χ2n) is 5.27. The molecule has 0 fully saturated rings. The van der Waals surface area contributed by atoms with Crippen LogP contribution in [0.15, 0.2) is 60.7 Å². The van der Waals surface area contributed by atoms with Crippen molar-refractivity contribution in [1.29, 1.82) is 0 Å². The van der Waals surface area contributed by atoms with Gasteiger partial charge in [-0.1, -0.05) is 42.5 Å². The number of hydrogen-bond acceptors (Lipinski definition) is 5. The van der Waals surface area contributed by atoms with Crippen LogP contribution < -0.4 is 10.5 Å². The number of nitrogen functional groups attached to an aromatic ring is 1. The second kappa shape index (κ2) is 6.37. The summed E-state index contributed by atoms with van der Waals surface area (Å²) in [5.41, 5.74) is 7.76. The van der Waals surface area contributed by atoms with Crippen molar-refractivity contribution < 1.29 is 13.2 Å². The lowest BCUT2D eigenvalue weighted by molar-refractivity contribution is 0.415. The van der Waals surface area contributed by atoms with Gasteiger partial charge in [0, 0.05) is 11.6 Å². The standard InChI is InChI=1S/C17H17N3O3S/c1-23-15-9-5-8-14(10-15)16-11-17(18)20(19-16)24(21,22)12-13-6-3-2-4-7-13/h2-11H,12,18H2,1H3. The van der Waals surface area contributed by atoms with E-state index in [1.54, 1.807) is 43.5 Å². The fraction of sp³-hybridized carbons (Fsp3) is 0.118. The molecule has 1 heterocycles. The van der Waals surface area contributed by atoms with Crippen LogP contribution in [0.1, 0.15) is 5.56 Å². The molecule has 0 amide bonds. The quantitative estimate of drug-likeness (QED) is 0.769. The zero-order valence-corrected chi connectivity index (χ0v) is 13.9. The highest BCUT2D eigenvalue weighted by atomic mass is 32.2. The third kappa shape index (κ3) is 3.26. The van der Waals surface area contributed by atoms with Gasteiger partial charge >= 0.3 is 0 Å². The van der Waals surface area contributed by atoms with Crippen LogP contribution in [-0.4, -0.2) is 24.7 Å². The lowest BCUT2D eigenvalue weighted by Gasteiger charge is -2.06. The summed E-state index contributed by atoms with van der Waals surface area (Å²) in [6.07, 6.45) is 0. The maximum atomic E-state index is 12.6. The molecule has 3 rings (SSSR count). The Hall–Kier alpha value is -2.80. The van der Waals surface area contributed by atoms with Crippen LogP contribution in [0.4, 0.5) is 5.82 Å². The van der Waals surface area contributed by atoms with E-state index in [9.17, 15) is 8.42 Å². The van der Waals surface area contributed by atoms with Gasteiger partial charge in [-0.3, -0.25) is 0 Å². The van der Waals surface area contributed by atoms with Gasteiger partial charge in [0.2, 0.25) is 0 Å². The van der Waals surface area contributed by atoms with Gasteiger partial charge in [0.1, 0.15) is 11.6 Å². The van der Waals surface area contributed by atoms with Crippen LogP contribution in [0.5, 0.6) is 5.75 Å². The van der Waals surface area contributed by atoms with E-state index in [4.69, 9.17) is 10.5 Å². The van der Waals surface area contributed by atoms with E-state index < -0.39 is 10.0 Å². The van der Waals surface area contributed by atoms with Crippen LogP contribution in [0.2, 0.25) is 0 Å². The minimum absolute atomic E-state index is 0.0729. The predicted octanol–water partition coefficient (Wildman–Crippen LogP) is 2.52. The zero-order chi connectivity index (χ0) is 17.2. The zero-order valence-electron chi connectivity index (χ0n) is 13.1. The Bertz CT molecular complexity index is 950. The summed E-state index contributed by atoms with van der Waals surface area (Å²) in [7, 11) is -2.13. The maximum absolute atomic E-state index is 12.6. The molecule has 2 aromatic carbocycles. The Morgan fingerprint density at radius 3 is 2.54 bits per heavy atom. The molecule has 0 atom stereocenters. The normalized spacial score (nSPS) is 11.4. The Morgan fingerprint density at radius 2 is 1.83 bits per heavy atom. The van der Waals surface area contributed by atoms with Gasteiger partial charge in [-0.15, -0.1) is 4.09 Å². The van der Waals surface area contributed by atoms with Gasteiger partial charge in [-0.05, 0) is 17.7 Å². The fourth-order valence-corrected chi connectivity index (χ4v) is 3.69. The van der Waals surface area contributed by atoms with Crippen molar-refractivity contribution in [3.05, 3.63) is 66.2 Å². The van der Waals surface area contributed by atoms with E-state index >= 15 is 0 Å². The van der Waals surface area contributed by atoms with Gasteiger partial charge < -0.3 is 10.5 Å². The monoisotopic (exact) mass is 343 g/mol. The topological polar surface area (TPSA) is 87.2 Å². The van der Waals surface area contributed by atoms with Crippen molar-refractivity contribution in [3.8, 4) is 17.0 Å². The summed E-state index contributed by atoms with van der Waals surface area (Å²) >= 11 is 0. The molecular formula is C17H17N3O3S. The van der Waals surface area contributed by atoms with E-state index in [1.807, 2.05) is 18.2 Å². The molecular weight excluding hydrogens is 326 g/mol. The molecule has 0 radical (unpaired) electrons. The van der Waals surface area contributed by atoms with Crippen molar-refractivity contribution in [2.45, 2.75) is 5.75 Å².